The van der Waals surface area contributed by atoms with Crippen LogP contribution in [-0.4, -0.2) is 16.4 Å². The third kappa shape index (κ3) is 5.01. The number of carbonyl (C=O) groups is 1. The number of rotatable bonds is 8. The molecule has 1 unspecified atom stereocenters. The largest absolute Gasteiger partial charge is 0.476 e. The van der Waals surface area contributed by atoms with E-state index in [1.807, 2.05) is 30.3 Å². The highest BCUT2D eigenvalue weighted by molar-refractivity contribution is 6.30. The van der Waals surface area contributed by atoms with Crippen LogP contribution in [0.5, 0.6) is 5.75 Å². The molecule has 31 heavy (non-hydrogen) atoms. The van der Waals surface area contributed by atoms with Crippen LogP contribution in [0.4, 0.5) is 0 Å². The molecule has 156 valence electrons. The van der Waals surface area contributed by atoms with Crippen molar-refractivity contribution in [3.05, 3.63) is 100 Å². The number of halogens is 1. The van der Waals surface area contributed by atoms with Gasteiger partial charge in [0.25, 0.3) is 5.89 Å². The maximum absolute atomic E-state index is 10.9. The number of aldehydes is 1. The first-order valence-corrected chi connectivity index (χ1v) is 10.4. The Morgan fingerprint density at radius 2 is 1.84 bits per heavy atom. The minimum atomic E-state index is -0.619. The molecule has 0 spiro atoms. The SMILES string of the molecule is CCCc1ccc(OC(c2cccc(Cl)c2)c2nc(-c3ccc(C=O)cc3)no2)cc1. The maximum Gasteiger partial charge on any atom is 0.272 e. The number of hydrogen-bond acceptors (Lipinski definition) is 5. The molecule has 0 fully saturated rings. The van der Waals surface area contributed by atoms with E-state index >= 15 is 0 Å². The average molecular weight is 433 g/mol. The Hall–Kier alpha value is -3.44. The van der Waals surface area contributed by atoms with Gasteiger partial charge < -0.3 is 9.26 Å². The van der Waals surface area contributed by atoms with E-state index in [0.29, 0.717) is 28.1 Å². The topological polar surface area (TPSA) is 65.2 Å². The Bertz CT molecular complexity index is 1150. The lowest BCUT2D eigenvalue weighted by Gasteiger charge is -2.16. The molecule has 4 aromatic rings. The van der Waals surface area contributed by atoms with Gasteiger partial charge in [0.1, 0.15) is 12.0 Å². The number of ether oxygens (including phenoxy) is 1. The first-order chi connectivity index (χ1) is 15.2. The highest BCUT2D eigenvalue weighted by Crippen LogP contribution is 2.30. The van der Waals surface area contributed by atoms with E-state index in [1.54, 1.807) is 30.3 Å². The number of benzene rings is 3. The van der Waals surface area contributed by atoms with Crippen molar-refractivity contribution in [1.82, 2.24) is 10.1 Å². The monoisotopic (exact) mass is 432 g/mol. The molecule has 0 saturated heterocycles. The van der Waals surface area contributed by atoms with Crippen molar-refractivity contribution in [2.24, 2.45) is 0 Å². The molecule has 0 aliphatic rings. The highest BCUT2D eigenvalue weighted by Gasteiger charge is 2.24. The second-order valence-corrected chi connectivity index (χ2v) is 7.58. The molecule has 0 aliphatic heterocycles. The first-order valence-electron chi connectivity index (χ1n) is 10.1. The molecule has 4 rings (SSSR count). The molecule has 0 bridgehead atoms. The van der Waals surface area contributed by atoms with Crippen molar-refractivity contribution < 1.29 is 14.1 Å². The third-order valence-electron chi connectivity index (χ3n) is 4.84. The smallest absolute Gasteiger partial charge is 0.272 e. The van der Waals surface area contributed by atoms with E-state index in [0.717, 1.165) is 30.3 Å². The Morgan fingerprint density at radius 1 is 1.06 bits per heavy atom. The van der Waals surface area contributed by atoms with Crippen LogP contribution in [0.1, 0.15) is 46.8 Å². The fourth-order valence-electron chi connectivity index (χ4n) is 3.26. The normalized spacial score (nSPS) is 11.8. The summed E-state index contributed by atoms with van der Waals surface area (Å²) in [5.41, 5.74) is 3.39. The highest BCUT2D eigenvalue weighted by atomic mass is 35.5. The van der Waals surface area contributed by atoms with Crippen LogP contribution in [0.25, 0.3) is 11.4 Å². The van der Waals surface area contributed by atoms with Crippen LogP contribution in [0.2, 0.25) is 5.02 Å². The summed E-state index contributed by atoms with van der Waals surface area (Å²) in [6.45, 7) is 2.15. The van der Waals surface area contributed by atoms with Gasteiger partial charge in [-0.25, -0.2) is 0 Å². The summed E-state index contributed by atoms with van der Waals surface area (Å²) >= 11 is 6.21. The van der Waals surface area contributed by atoms with E-state index in [1.165, 1.54) is 5.56 Å². The molecule has 6 heteroatoms. The summed E-state index contributed by atoms with van der Waals surface area (Å²) < 4.78 is 11.8. The minimum absolute atomic E-state index is 0.314. The zero-order valence-corrected chi connectivity index (χ0v) is 17.8. The molecular weight excluding hydrogens is 412 g/mol. The molecular formula is C25H21ClN2O3. The zero-order chi connectivity index (χ0) is 21.6. The predicted octanol–water partition coefficient (Wildman–Crippen LogP) is 6.32. The van der Waals surface area contributed by atoms with E-state index in [2.05, 4.69) is 29.2 Å². The zero-order valence-electron chi connectivity index (χ0n) is 17.0. The van der Waals surface area contributed by atoms with Crippen molar-refractivity contribution in [2.75, 3.05) is 0 Å². The first kappa shape index (κ1) is 20.8. The average Bonchev–Trinajstić information content (AvgIpc) is 3.29. The summed E-state index contributed by atoms with van der Waals surface area (Å²) in [6.07, 6.45) is 2.28. The number of nitrogens with zero attached hydrogens (tertiary/aromatic N) is 2. The van der Waals surface area contributed by atoms with Gasteiger partial charge in [0.2, 0.25) is 11.9 Å². The molecule has 0 N–H and O–H groups in total. The van der Waals surface area contributed by atoms with Crippen molar-refractivity contribution in [3.8, 4) is 17.1 Å². The second kappa shape index (κ2) is 9.58. The lowest BCUT2D eigenvalue weighted by molar-refractivity contribution is 0.112. The van der Waals surface area contributed by atoms with Crippen LogP contribution in [-0.2, 0) is 6.42 Å². The second-order valence-electron chi connectivity index (χ2n) is 7.14. The number of hydrogen-bond donors (Lipinski definition) is 0. The molecule has 1 aromatic heterocycles. The Kier molecular flexibility index (Phi) is 6.43. The number of carbonyl (C=O) groups excluding carboxylic acids is 1. The summed E-state index contributed by atoms with van der Waals surface area (Å²) in [4.78, 5) is 15.4. The van der Waals surface area contributed by atoms with Crippen LogP contribution in [0.3, 0.4) is 0 Å². The molecule has 0 radical (unpaired) electrons. The van der Waals surface area contributed by atoms with Gasteiger partial charge in [0.05, 0.1) is 0 Å². The molecule has 3 aromatic carbocycles. The fraction of sp³-hybridized carbons (Fsp3) is 0.160. The van der Waals surface area contributed by atoms with Gasteiger partial charge in [0, 0.05) is 21.7 Å². The Balaban J connectivity index is 1.66. The summed E-state index contributed by atoms with van der Waals surface area (Å²) in [5, 5.41) is 4.69. The Labute approximate surface area is 185 Å². The van der Waals surface area contributed by atoms with E-state index in [4.69, 9.17) is 20.9 Å². The van der Waals surface area contributed by atoms with Crippen LogP contribution in [0, 0.1) is 0 Å². The van der Waals surface area contributed by atoms with E-state index in [-0.39, 0.29) is 0 Å². The van der Waals surface area contributed by atoms with Crippen molar-refractivity contribution >= 4 is 17.9 Å². The van der Waals surface area contributed by atoms with Crippen molar-refractivity contribution in [1.29, 1.82) is 0 Å². The van der Waals surface area contributed by atoms with Crippen molar-refractivity contribution in [2.45, 2.75) is 25.9 Å². The van der Waals surface area contributed by atoms with Gasteiger partial charge in [-0.1, -0.05) is 78.6 Å². The van der Waals surface area contributed by atoms with Gasteiger partial charge in [-0.2, -0.15) is 4.98 Å². The summed E-state index contributed by atoms with van der Waals surface area (Å²) in [7, 11) is 0. The lowest BCUT2D eigenvalue weighted by Crippen LogP contribution is -2.10. The lowest BCUT2D eigenvalue weighted by atomic mass is 10.1. The van der Waals surface area contributed by atoms with Crippen LogP contribution < -0.4 is 4.74 Å². The minimum Gasteiger partial charge on any atom is -0.476 e. The summed E-state index contributed by atoms with van der Waals surface area (Å²) in [6, 6.07) is 22.4. The van der Waals surface area contributed by atoms with E-state index in [9.17, 15) is 4.79 Å². The number of aryl methyl sites for hydroxylation is 1. The van der Waals surface area contributed by atoms with Gasteiger partial charge in [-0.3, -0.25) is 4.79 Å². The predicted molar refractivity (Wildman–Crippen MR) is 119 cm³/mol. The van der Waals surface area contributed by atoms with Gasteiger partial charge in [-0.15, -0.1) is 0 Å². The standard InChI is InChI=1S/C25H21ClN2O3/c1-2-4-17-9-13-22(14-10-17)30-23(20-5-3-6-21(26)15-20)25-27-24(28-31-25)19-11-7-18(16-29)8-12-19/h3,5-16,23H,2,4H2,1H3. The molecule has 1 heterocycles. The van der Waals surface area contributed by atoms with Gasteiger partial charge >= 0.3 is 0 Å². The van der Waals surface area contributed by atoms with Crippen LogP contribution >= 0.6 is 11.6 Å². The Morgan fingerprint density at radius 3 is 2.52 bits per heavy atom. The van der Waals surface area contributed by atoms with Crippen molar-refractivity contribution in [3.63, 3.8) is 0 Å². The molecule has 5 nitrogen and oxygen atoms in total. The quantitative estimate of drug-likeness (QED) is 0.304. The fourth-order valence-corrected chi connectivity index (χ4v) is 3.46. The van der Waals surface area contributed by atoms with Gasteiger partial charge in [-0.05, 0) is 36.2 Å². The van der Waals surface area contributed by atoms with E-state index < -0.39 is 6.10 Å². The van der Waals surface area contributed by atoms with Crippen LogP contribution in [0.15, 0.2) is 77.3 Å². The summed E-state index contributed by atoms with van der Waals surface area (Å²) in [5.74, 6) is 1.43. The molecule has 0 aliphatic carbocycles. The maximum atomic E-state index is 10.9. The molecule has 0 saturated carbocycles. The number of aromatic nitrogens is 2. The van der Waals surface area contributed by atoms with Gasteiger partial charge in [0.15, 0.2) is 0 Å². The molecule has 1 atom stereocenters. The third-order valence-corrected chi connectivity index (χ3v) is 5.07. The molecule has 0 amide bonds.